The maximum atomic E-state index is 13.5. The third-order valence-corrected chi connectivity index (χ3v) is 6.42. The van der Waals surface area contributed by atoms with Crippen molar-refractivity contribution in [3.63, 3.8) is 0 Å². The molecule has 4 nitrogen and oxygen atoms in total. The van der Waals surface area contributed by atoms with E-state index in [1.54, 1.807) is 7.11 Å². The van der Waals surface area contributed by atoms with E-state index >= 15 is 0 Å². The van der Waals surface area contributed by atoms with Crippen LogP contribution in [0.3, 0.4) is 0 Å². The highest BCUT2D eigenvalue weighted by atomic mass is 32.1. The number of nitrogens with zero attached hydrogens (tertiary/aromatic N) is 1. The molecule has 162 valence electrons. The minimum absolute atomic E-state index is 0.0804. The number of thiazole rings is 1. The number of aromatic nitrogens is 1. The van der Waals surface area contributed by atoms with Crippen LogP contribution in [0.25, 0.3) is 11.3 Å². The maximum Gasteiger partial charge on any atom is 0.232 e. The van der Waals surface area contributed by atoms with Crippen LogP contribution in [0.2, 0.25) is 0 Å². The SMILES string of the molecule is COc1cccc(C(c2ccccc2)C(C)(C)C(=O)Nc2nc(-c3ccccc3)cs2)c1. The first-order chi connectivity index (χ1) is 15.5. The summed E-state index contributed by atoms with van der Waals surface area (Å²) in [5, 5.41) is 5.62. The molecule has 4 rings (SSSR count). The molecular formula is C27H26N2O2S. The van der Waals surface area contributed by atoms with Gasteiger partial charge in [-0.15, -0.1) is 11.3 Å². The molecule has 0 saturated carbocycles. The van der Waals surface area contributed by atoms with Gasteiger partial charge in [0.15, 0.2) is 5.13 Å². The topological polar surface area (TPSA) is 51.2 Å². The second kappa shape index (κ2) is 9.37. The molecule has 32 heavy (non-hydrogen) atoms. The lowest BCUT2D eigenvalue weighted by Gasteiger charge is -2.34. The Hall–Kier alpha value is -3.44. The number of ether oxygens (including phenoxy) is 1. The molecule has 1 heterocycles. The van der Waals surface area contributed by atoms with E-state index in [1.165, 1.54) is 11.3 Å². The van der Waals surface area contributed by atoms with Crippen LogP contribution in [0, 0.1) is 5.41 Å². The summed E-state index contributed by atoms with van der Waals surface area (Å²) in [7, 11) is 1.65. The van der Waals surface area contributed by atoms with Gasteiger partial charge in [-0.25, -0.2) is 4.98 Å². The Morgan fingerprint density at radius 2 is 1.59 bits per heavy atom. The van der Waals surface area contributed by atoms with Gasteiger partial charge in [0, 0.05) is 16.9 Å². The van der Waals surface area contributed by atoms with E-state index in [4.69, 9.17) is 4.74 Å². The van der Waals surface area contributed by atoms with Crippen LogP contribution < -0.4 is 10.1 Å². The van der Waals surface area contributed by atoms with Gasteiger partial charge in [-0.3, -0.25) is 4.79 Å². The number of hydrogen-bond acceptors (Lipinski definition) is 4. The molecule has 0 fully saturated rings. The van der Waals surface area contributed by atoms with E-state index in [-0.39, 0.29) is 11.8 Å². The standard InChI is InChI=1S/C27H26N2O2S/c1-27(2,25(30)29-26-28-23(18-32-26)19-11-6-4-7-12-19)24(20-13-8-5-9-14-20)21-15-10-16-22(17-21)31-3/h4-18,24H,1-3H3,(H,28,29,30). The number of hydrogen-bond donors (Lipinski definition) is 1. The second-order valence-corrected chi connectivity index (χ2v) is 9.06. The zero-order chi connectivity index (χ0) is 22.6. The van der Waals surface area contributed by atoms with Crippen LogP contribution in [0.15, 0.2) is 90.3 Å². The van der Waals surface area contributed by atoms with Gasteiger partial charge < -0.3 is 10.1 Å². The van der Waals surface area contributed by atoms with E-state index in [0.717, 1.165) is 28.1 Å². The Balaban J connectivity index is 1.65. The van der Waals surface area contributed by atoms with Crippen molar-refractivity contribution in [2.45, 2.75) is 19.8 Å². The van der Waals surface area contributed by atoms with Gasteiger partial charge in [-0.05, 0) is 23.3 Å². The minimum Gasteiger partial charge on any atom is -0.497 e. The molecule has 1 N–H and O–H groups in total. The fourth-order valence-corrected chi connectivity index (χ4v) is 4.67. The molecule has 0 radical (unpaired) electrons. The van der Waals surface area contributed by atoms with Crippen molar-refractivity contribution < 1.29 is 9.53 Å². The second-order valence-electron chi connectivity index (χ2n) is 8.20. The molecule has 4 aromatic rings. The van der Waals surface area contributed by atoms with Crippen LogP contribution in [0.5, 0.6) is 5.75 Å². The van der Waals surface area contributed by atoms with Gasteiger partial charge in [-0.1, -0.05) is 86.6 Å². The highest BCUT2D eigenvalue weighted by Crippen LogP contribution is 2.42. The molecule has 3 aromatic carbocycles. The largest absolute Gasteiger partial charge is 0.497 e. The normalized spacial score (nSPS) is 12.2. The summed E-state index contributed by atoms with van der Waals surface area (Å²) in [6.45, 7) is 3.95. The zero-order valence-electron chi connectivity index (χ0n) is 18.4. The molecule has 0 aliphatic rings. The molecule has 1 aromatic heterocycles. The average molecular weight is 443 g/mol. The average Bonchev–Trinajstić information content (AvgIpc) is 3.29. The van der Waals surface area contributed by atoms with Crippen molar-refractivity contribution in [2.75, 3.05) is 12.4 Å². The van der Waals surface area contributed by atoms with Crippen LogP contribution in [0.1, 0.15) is 30.9 Å². The molecule has 0 spiro atoms. The number of methoxy groups -OCH3 is 1. The van der Waals surface area contributed by atoms with Crippen molar-refractivity contribution in [3.8, 4) is 17.0 Å². The summed E-state index contributed by atoms with van der Waals surface area (Å²) in [5.41, 5.74) is 3.25. The predicted molar refractivity (Wildman–Crippen MR) is 131 cm³/mol. The Labute approximate surface area is 192 Å². The van der Waals surface area contributed by atoms with E-state index in [2.05, 4.69) is 22.4 Å². The quantitative estimate of drug-likeness (QED) is 0.350. The molecular weight excluding hydrogens is 416 g/mol. The number of benzene rings is 3. The Kier molecular flexibility index (Phi) is 6.37. The highest BCUT2D eigenvalue weighted by molar-refractivity contribution is 7.14. The molecule has 1 amide bonds. The fourth-order valence-electron chi connectivity index (χ4n) is 3.95. The molecule has 0 aliphatic heterocycles. The van der Waals surface area contributed by atoms with Gasteiger partial charge in [0.05, 0.1) is 18.2 Å². The van der Waals surface area contributed by atoms with Gasteiger partial charge in [-0.2, -0.15) is 0 Å². The van der Waals surface area contributed by atoms with Crippen LogP contribution in [-0.2, 0) is 4.79 Å². The summed E-state index contributed by atoms with van der Waals surface area (Å²) < 4.78 is 5.45. The number of rotatable bonds is 7. The third-order valence-electron chi connectivity index (χ3n) is 5.66. The number of carbonyl (C=O) groups is 1. The molecule has 0 aliphatic carbocycles. The van der Waals surface area contributed by atoms with Crippen molar-refractivity contribution in [1.29, 1.82) is 0 Å². The monoisotopic (exact) mass is 442 g/mol. The Bertz CT molecular complexity index is 1190. The van der Waals surface area contributed by atoms with E-state index < -0.39 is 5.41 Å². The highest BCUT2D eigenvalue weighted by Gasteiger charge is 2.39. The maximum absolute atomic E-state index is 13.5. The summed E-state index contributed by atoms with van der Waals surface area (Å²) >= 11 is 1.44. The van der Waals surface area contributed by atoms with Crippen LogP contribution in [-0.4, -0.2) is 18.0 Å². The Morgan fingerprint density at radius 3 is 2.28 bits per heavy atom. The first-order valence-electron chi connectivity index (χ1n) is 10.5. The predicted octanol–water partition coefficient (Wildman–Crippen LogP) is 6.62. The summed E-state index contributed by atoms with van der Waals surface area (Å²) in [5.74, 6) is 0.530. The number of carbonyl (C=O) groups excluding carboxylic acids is 1. The number of amides is 1. The van der Waals surface area contributed by atoms with Crippen molar-refractivity contribution in [3.05, 3.63) is 101 Å². The fraction of sp³-hybridized carbons (Fsp3) is 0.185. The summed E-state index contributed by atoms with van der Waals surface area (Å²) in [6, 6.07) is 28.0. The van der Waals surface area contributed by atoms with Crippen molar-refractivity contribution in [2.24, 2.45) is 5.41 Å². The van der Waals surface area contributed by atoms with Crippen molar-refractivity contribution in [1.82, 2.24) is 4.98 Å². The number of nitrogens with one attached hydrogen (secondary N) is 1. The first kappa shape index (κ1) is 21.8. The molecule has 0 bridgehead atoms. The zero-order valence-corrected chi connectivity index (χ0v) is 19.2. The summed E-state index contributed by atoms with van der Waals surface area (Å²) in [6.07, 6.45) is 0. The van der Waals surface area contributed by atoms with Crippen LogP contribution >= 0.6 is 11.3 Å². The van der Waals surface area contributed by atoms with Gasteiger partial charge in [0.1, 0.15) is 5.75 Å². The molecule has 1 unspecified atom stereocenters. The molecule has 1 atom stereocenters. The lowest BCUT2D eigenvalue weighted by Crippen LogP contribution is -2.37. The van der Waals surface area contributed by atoms with Gasteiger partial charge in [0.2, 0.25) is 5.91 Å². The smallest absolute Gasteiger partial charge is 0.232 e. The first-order valence-corrected chi connectivity index (χ1v) is 11.4. The van der Waals surface area contributed by atoms with E-state index in [0.29, 0.717) is 5.13 Å². The van der Waals surface area contributed by atoms with Crippen LogP contribution in [0.4, 0.5) is 5.13 Å². The number of anilines is 1. The van der Waals surface area contributed by atoms with Gasteiger partial charge in [0.25, 0.3) is 0 Å². The lowest BCUT2D eigenvalue weighted by atomic mass is 9.70. The van der Waals surface area contributed by atoms with Gasteiger partial charge >= 0.3 is 0 Å². The van der Waals surface area contributed by atoms with E-state index in [9.17, 15) is 4.79 Å². The third kappa shape index (κ3) is 4.58. The summed E-state index contributed by atoms with van der Waals surface area (Å²) in [4.78, 5) is 18.2. The minimum atomic E-state index is -0.744. The lowest BCUT2D eigenvalue weighted by molar-refractivity contribution is -0.124. The Morgan fingerprint density at radius 1 is 0.938 bits per heavy atom. The van der Waals surface area contributed by atoms with E-state index in [1.807, 2.05) is 92.0 Å². The molecule has 0 saturated heterocycles. The van der Waals surface area contributed by atoms with Crippen molar-refractivity contribution >= 4 is 22.4 Å². The molecule has 5 heteroatoms.